The molecule has 0 aliphatic rings. The van der Waals surface area contributed by atoms with Crippen molar-refractivity contribution in [3.63, 3.8) is 0 Å². The zero-order valence-corrected chi connectivity index (χ0v) is 11.6. The van der Waals surface area contributed by atoms with Gasteiger partial charge < -0.3 is 9.42 Å². The first-order chi connectivity index (χ1) is 9.97. The molecule has 1 aromatic heterocycles. The maximum Gasteiger partial charge on any atom is 0.323 e. The predicted molar refractivity (Wildman–Crippen MR) is 74.8 cm³/mol. The molecule has 0 aliphatic carbocycles. The van der Waals surface area contributed by atoms with Crippen LogP contribution in [0.3, 0.4) is 0 Å². The molecule has 0 fully saturated rings. The minimum Gasteiger partial charge on any atom is -0.360 e. The van der Waals surface area contributed by atoms with Gasteiger partial charge in [0.25, 0.3) is 5.69 Å². The maximum atomic E-state index is 12.0. The maximum absolute atomic E-state index is 12.0. The number of carbonyl (C=O) groups is 1. The van der Waals surface area contributed by atoms with Crippen LogP contribution in [0.1, 0.15) is 11.3 Å². The van der Waals surface area contributed by atoms with Gasteiger partial charge in [-0.3, -0.25) is 15.4 Å². The third-order valence-corrected chi connectivity index (χ3v) is 2.81. The van der Waals surface area contributed by atoms with E-state index in [0.717, 1.165) is 0 Å². The molecular formula is C13H14N4O4. The largest absolute Gasteiger partial charge is 0.360 e. The summed E-state index contributed by atoms with van der Waals surface area (Å²) >= 11 is 0. The molecule has 2 rings (SSSR count). The van der Waals surface area contributed by atoms with E-state index in [1.807, 2.05) is 0 Å². The molecular weight excluding hydrogens is 276 g/mol. The summed E-state index contributed by atoms with van der Waals surface area (Å²) in [4.78, 5) is 23.8. The van der Waals surface area contributed by atoms with Gasteiger partial charge in [0.2, 0.25) is 0 Å². The van der Waals surface area contributed by atoms with Crippen LogP contribution in [0, 0.1) is 17.0 Å². The first kappa shape index (κ1) is 14.5. The highest BCUT2D eigenvalue weighted by Crippen LogP contribution is 2.19. The van der Waals surface area contributed by atoms with Crippen LogP contribution in [-0.4, -0.2) is 28.1 Å². The van der Waals surface area contributed by atoms with E-state index in [1.165, 1.54) is 11.0 Å². The summed E-state index contributed by atoms with van der Waals surface area (Å²) < 4.78 is 4.84. The third kappa shape index (κ3) is 3.56. The summed E-state index contributed by atoms with van der Waals surface area (Å²) in [6.07, 6.45) is 0. The quantitative estimate of drug-likeness (QED) is 0.688. The number of benzene rings is 1. The minimum absolute atomic E-state index is 0.0190. The number of nitro groups is 1. The fourth-order valence-corrected chi connectivity index (χ4v) is 1.78. The molecule has 110 valence electrons. The normalized spacial score (nSPS) is 10.2. The number of carbonyl (C=O) groups excluding carboxylic acids is 1. The Hall–Kier alpha value is -2.90. The highest BCUT2D eigenvalue weighted by Gasteiger charge is 2.17. The lowest BCUT2D eigenvalue weighted by Crippen LogP contribution is -2.31. The van der Waals surface area contributed by atoms with Crippen molar-refractivity contribution >= 4 is 17.5 Å². The van der Waals surface area contributed by atoms with Gasteiger partial charge in [-0.25, -0.2) is 4.79 Å². The van der Waals surface area contributed by atoms with Crippen molar-refractivity contribution in [2.24, 2.45) is 0 Å². The SMILES string of the molecule is Cc1cc(NC(=O)N(C)Cc2ccccc2[N+](=O)[O-])no1. The molecule has 0 atom stereocenters. The Morgan fingerprint density at radius 3 is 2.81 bits per heavy atom. The van der Waals surface area contributed by atoms with E-state index in [9.17, 15) is 14.9 Å². The van der Waals surface area contributed by atoms with Crippen molar-refractivity contribution in [1.29, 1.82) is 0 Å². The van der Waals surface area contributed by atoms with Crippen LogP contribution in [0.2, 0.25) is 0 Å². The lowest BCUT2D eigenvalue weighted by Gasteiger charge is -2.16. The van der Waals surface area contributed by atoms with Gasteiger partial charge in [0, 0.05) is 24.7 Å². The first-order valence-corrected chi connectivity index (χ1v) is 6.15. The highest BCUT2D eigenvalue weighted by atomic mass is 16.6. The van der Waals surface area contributed by atoms with E-state index in [1.54, 1.807) is 38.2 Å². The smallest absolute Gasteiger partial charge is 0.323 e. The number of rotatable bonds is 4. The van der Waals surface area contributed by atoms with Gasteiger partial charge in [-0.15, -0.1) is 0 Å². The fourth-order valence-electron chi connectivity index (χ4n) is 1.78. The average Bonchev–Trinajstić information content (AvgIpc) is 2.84. The molecule has 0 aliphatic heterocycles. The molecule has 2 amide bonds. The van der Waals surface area contributed by atoms with Gasteiger partial charge in [-0.05, 0) is 6.92 Å². The van der Waals surface area contributed by atoms with E-state index in [2.05, 4.69) is 10.5 Å². The Kier molecular flexibility index (Phi) is 4.17. The molecule has 1 heterocycles. The Labute approximate surface area is 120 Å². The molecule has 1 N–H and O–H groups in total. The summed E-state index contributed by atoms with van der Waals surface area (Å²) in [5.74, 6) is 0.874. The summed E-state index contributed by atoms with van der Waals surface area (Å²) in [7, 11) is 1.54. The predicted octanol–water partition coefficient (Wildman–Crippen LogP) is 2.56. The van der Waals surface area contributed by atoms with Crippen LogP contribution in [0.15, 0.2) is 34.9 Å². The number of hydrogen-bond acceptors (Lipinski definition) is 5. The number of urea groups is 1. The molecule has 0 radical (unpaired) electrons. The Bertz CT molecular complexity index is 668. The number of nitro benzene ring substituents is 1. The second-order valence-corrected chi connectivity index (χ2v) is 4.49. The second-order valence-electron chi connectivity index (χ2n) is 4.49. The Morgan fingerprint density at radius 2 is 2.19 bits per heavy atom. The van der Waals surface area contributed by atoms with Crippen LogP contribution in [0.4, 0.5) is 16.3 Å². The van der Waals surface area contributed by atoms with Crippen molar-refractivity contribution in [2.45, 2.75) is 13.5 Å². The van der Waals surface area contributed by atoms with Gasteiger partial charge >= 0.3 is 6.03 Å². The van der Waals surface area contributed by atoms with E-state index in [-0.39, 0.29) is 12.2 Å². The standard InChI is InChI=1S/C13H14N4O4/c1-9-7-12(15-21-9)14-13(18)16(2)8-10-5-3-4-6-11(10)17(19)20/h3-7H,8H2,1-2H3,(H,14,15,18). The molecule has 2 aromatic rings. The number of amides is 2. The zero-order chi connectivity index (χ0) is 15.4. The molecule has 0 unspecified atom stereocenters. The molecule has 0 spiro atoms. The van der Waals surface area contributed by atoms with Crippen LogP contribution < -0.4 is 5.32 Å². The van der Waals surface area contributed by atoms with Crippen LogP contribution in [-0.2, 0) is 6.54 Å². The van der Waals surface area contributed by atoms with Gasteiger partial charge in [0.05, 0.1) is 11.5 Å². The van der Waals surface area contributed by atoms with E-state index < -0.39 is 11.0 Å². The third-order valence-electron chi connectivity index (χ3n) is 2.81. The summed E-state index contributed by atoms with van der Waals surface area (Å²) in [5, 5.41) is 17.1. The van der Waals surface area contributed by atoms with Crippen molar-refractivity contribution in [1.82, 2.24) is 10.1 Å². The first-order valence-electron chi connectivity index (χ1n) is 6.15. The highest BCUT2D eigenvalue weighted by molar-refractivity contribution is 5.88. The molecule has 21 heavy (non-hydrogen) atoms. The number of aromatic nitrogens is 1. The van der Waals surface area contributed by atoms with E-state index in [4.69, 9.17) is 4.52 Å². The monoisotopic (exact) mass is 290 g/mol. The number of hydrogen-bond donors (Lipinski definition) is 1. The zero-order valence-electron chi connectivity index (χ0n) is 11.6. The lowest BCUT2D eigenvalue weighted by molar-refractivity contribution is -0.385. The van der Waals surface area contributed by atoms with Crippen molar-refractivity contribution < 1.29 is 14.2 Å². The van der Waals surface area contributed by atoms with E-state index in [0.29, 0.717) is 17.1 Å². The average molecular weight is 290 g/mol. The van der Waals surface area contributed by atoms with Crippen LogP contribution in [0.5, 0.6) is 0 Å². The summed E-state index contributed by atoms with van der Waals surface area (Å²) in [6.45, 7) is 1.82. The van der Waals surface area contributed by atoms with Crippen molar-refractivity contribution in [3.05, 3.63) is 51.8 Å². The Morgan fingerprint density at radius 1 is 1.48 bits per heavy atom. The fraction of sp³-hybridized carbons (Fsp3) is 0.231. The number of nitrogens with one attached hydrogen (secondary N) is 1. The van der Waals surface area contributed by atoms with E-state index >= 15 is 0 Å². The molecule has 0 bridgehead atoms. The van der Waals surface area contributed by atoms with Crippen molar-refractivity contribution in [2.75, 3.05) is 12.4 Å². The van der Waals surface area contributed by atoms with Gasteiger partial charge in [0.15, 0.2) is 5.82 Å². The topological polar surface area (TPSA) is 102 Å². The number of anilines is 1. The summed E-state index contributed by atoms with van der Waals surface area (Å²) in [6, 6.07) is 7.44. The number of para-hydroxylation sites is 1. The van der Waals surface area contributed by atoms with Gasteiger partial charge in [-0.1, -0.05) is 23.4 Å². The minimum atomic E-state index is -0.470. The summed E-state index contributed by atoms with van der Waals surface area (Å²) in [5.41, 5.74) is 0.436. The molecule has 8 heteroatoms. The van der Waals surface area contributed by atoms with Crippen LogP contribution >= 0.6 is 0 Å². The number of nitrogens with zero attached hydrogens (tertiary/aromatic N) is 3. The number of aryl methyl sites for hydroxylation is 1. The second kappa shape index (κ2) is 6.04. The molecule has 8 nitrogen and oxygen atoms in total. The van der Waals surface area contributed by atoms with Gasteiger partial charge in [0.1, 0.15) is 5.76 Å². The molecule has 0 saturated carbocycles. The Balaban J connectivity index is 2.05. The molecule has 0 saturated heterocycles. The van der Waals surface area contributed by atoms with Crippen LogP contribution in [0.25, 0.3) is 0 Å². The van der Waals surface area contributed by atoms with Crippen molar-refractivity contribution in [3.8, 4) is 0 Å². The lowest BCUT2D eigenvalue weighted by atomic mass is 10.2. The van der Waals surface area contributed by atoms with Gasteiger partial charge in [-0.2, -0.15) is 0 Å². The molecule has 1 aromatic carbocycles.